The predicted molar refractivity (Wildman–Crippen MR) is 67.3 cm³/mol. The Morgan fingerprint density at radius 3 is 2.19 bits per heavy atom. The zero-order chi connectivity index (χ0) is 12.2. The van der Waals surface area contributed by atoms with Crippen molar-refractivity contribution in [3.05, 3.63) is 0 Å². The van der Waals surface area contributed by atoms with Crippen LogP contribution in [0.4, 0.5) is 0 Å². The van der Waals surface area contributed by atoms with Gasteiger partial charge in [0.2, 0.25) is 5.91 Å². The Bertz CT molecular complexity index is 225. The second-order valence-corrected chi connectivity index (χ2v) is 6.05. The molecule has 2 N–H and O–H groups in total. The van der Waals surface area contributed by atoms with Crippen LogP contribution in [0.15, 0.2) is 0 Å². The summed E-state index contributed by atoms with van der Waals surface area (Å²) >= 11 is 0. The molecular weight excluding hydrogens is 200 g/mol. The number of nitrogens with one attached hydrogen (secondary N) is 2. The highest BCUT2D eigenvalue weighted by Gasteiger charge is 2.22. The fourth-order valence-corrected chi connectivity index (χ4v) is 2.25. The molecule has 1 fully saturated rings. The molecule has 1 rings (SSSR count). The normalized spacial score (nSPS) is 26.5. The Hall–Kier alpha value is -0.570. The van der Waals surface area contributed by atoms with E-state index >= 15 is 0 Å². The van der Waals surface area contributed by atoms with Crippen molar-refractivity contribution in [3.8, 4) is 0 Å². The van der Waals surface area contributed by atoms with Gasteiger partial charge < -0.3 is 10.6 Å². The van der Waals surface area contributed by atoms with E-state index < -0.39 is 0 Å². The van der Waals surface area contributed by atoms with E-state index in [1.807, 2.05) is 0 Å². The van der Waals surface area contributed by atoms with Crippen LogP contribution in [0.1, 0.15) is 53.4 Å². The van der Waals surface area contributed by atoms with Gasteiger partial charge in [0.25, 0.3) is 0 Å². The van der Waals surface area contributed by atoms with Gasteiger partial charge in [-0.2, -0.15) is 0 Å². The Morgan fingerprint density at radius 2 is 1.75 bits per heavy atom. The highest BCUT2D eigenvalue weighted by molar-refractivity contribution is 5.73. The molecule has 94 valence electrons. The van der Waals surface area contributed by atoms with Crippen molar-refractivity contribution in [2.24, 2.45) is 5.92 Å². The molecule has 0 saturated heterocycles. The maximum atomic E-state index is 10.9. The Labute approximate surface area is 99.4 Å². The molecule has 0 atom stereocenters. The van der Waals surface area contributed by atoms with E-state index in [1.54, 1.807) is 6.92 Å². The predicted octanol–water partition coefficient (Wildman–Crippen LogP) is 2.07. The SMILES string of the molecule is CC(=O)NC1CCC(CNC(C)(C)C)CC1. The van der Waals surface area contributed by atoms with Crippen molar-refractivity contribution in [2.45, 2.75) is 65.0 Å². The molecule has 1 aliphatic carbocycles. The summed E-state index contributed by atoms with van der Waals surface area (Å²) in [6, 6.07) is 0.420. The lowest BCUT2D eigenvalue weighted by molar-refractivity contribution is -0.119. The van der Waals surface area contributed by atoms with Crippen LogP contribution in [-0.2, 0) is 4.79 Å². The summed E-state index contributed by atoms with van der Waals surface area (Å²) in [7, 11) is 0. The van der Waals surface area contributed by atoms with Gasteiger partial charge in [0.05, 0.1) is 0 Å². The summed E-state index contributed by atoms with van der Waals surface area (Å²) in [6.45, 7) is 9.32. The number of hydrogen-bond acceptors (Lipinski definition) is 2. The highest BCUT2D eigenvalue weighted by atomic mass is 16.1. The van der Waals surface area contributed by atoms with Gasteiger partial charge in [0.15, 0.2) is 0 Å². The molecule has 1 amide bonds. The van der Waals surface area contributed by atoms with Crippen LogP contribution < -0.4 is 10.6 Å². The lowest BCUT2D eigenvalue weighted by Crippen LogP contribution is -2.42. The first-order valence-corrected chi connectivity index (χ1v) is 6.39. The van der Waals surface area contributed by atoms with Crippen molar-refractivity contribution in [1.29, 1.82) is 0 Å². The maximum Gasteiger partial charge on any atom is 0.217 e. The van der Waals surface area contributed by atoms with Crippen molar-refractivity contribution >= 4 is 5.91 Å². The van der Waals surface area contributed by atoms with Gasteiger partial charge in [0.1, 0.15) is 0 Å². The molecule has 0 bridgehead atoms. The largest absolute Gasteiger partial charge is 0.354 e. The molecule has 16 heavy (non-hydrogen) atoms. The topological polar surface area (TPSA) is 41.1 Å². The smallest absolute Gasteiger partial charge is 0.217 e. The van der Waals surface area contributed by atoms with Gasteiger partial charge in [-0.05, 0) is 58.9 Å². The number of carbonyl (C=O) groups is 1. The number of rotatable bonds is 3. The third-order valence-electron chi connectivity index (χ3n) is 3.18. The number of amides is 1. The zero-order valence-electron chi connectivity index (χ0n) is 11.1. The molecular formula is C13H26N2O. The van der Waals surface area contributed by atoms with Crippen molar-refractivity contribution in [1.82, 2.24) is 10.6 Å². The van der Waals surface area contributed by atoms with Gasteiger partial charge in [-0.15, -0.1) is 0 Å². The molecule has 3 heteroatoms. The standard InChI is InChI=1S/C13H26N2O/c1-10(16)15-12-7-5-11(6-8-12)9-14-13(2,3)4/h11-12,14H,5-9H2,1-4H3,(H,15,16). The van der Waals surface area contributed by atoms with Gasteiger partial charge in [-0.3, -0.25) is 4.79 Å². The van der Waals surface area contributed by atoms with Gasteiger partial charge in [-0.25, -0.2) is 0 Å². The van der Waals surface area contributed by atoms with E-state index in [-0.39, 0.29) is 11.4 Å². The van der Waals surface area contributed by atoms with Gasteiger partial charge >= 0.3 is 0 Å². The number of carbonyl (C=O) groups excluding carboxylic acids is 1. The van der Waals surface area contributed by atoms with E-state index in [9.17, 15) is 4.79 Å². The summed E-state index contributed by atoms with van der Waals surface area (Å²) < 4.78 is 0. The monoisotopic (exact) mass is 226 g/mol. The minimum atomic E-state index is 0.108. The quantitative estimate of drug-likeness (QED) is 0.773. The summed E-state index contributed by atoms with van der Waals surface area (Å²) in [6.07, 6.45) is 4.73. The minimum Gasteiger partial charge on any atom is -0.354 e. The van der Waals surface area contributed by atoms with Crippen LogP contribution in [0.3, 0.4) is 0 Å². The highest BCUT2D eigenvalue weighted by Crippen LogP contribution is 2.24. The van der Waals surface area contributed by atoms with Crippen LogP contribution in [0.2, 0.25) is 0 Å². The molecule has 3 nitrogen and oxygen atoms in total. The maximum absolute atomic E-state index is 10.9. The summed E-state index contributed by atoms with van der Waals surface area (Å²) in [5, 5.41) is 6.58. The molecule has 0 aromatic heterocycles. The lowest BCUT2D eigenvalue weighted by atomic mass is 9.85. The van der Waals surface area contributed by atoms with E-state index in [2.05, 4.69) is 31.4 Å². The third kappa shape index (κ3) is 5.50. The average molecular weight is 226 g/mol. The summed E-state index contributed by atoms with van der Waals surface area (Å²) in [5.74, 6) is 0.889. The zero-order valence-corrected chi connectivity index (χ0v) is 11.1. The summed E-state index contributed by atoms with van der Waals surface area (Å²) in [5.41, 5.74) is 0.217. The van der Waals surface area contributed by atoms with Crippen LogP contribution in [0, 0.1) is 5.92 Å². The molecule has 0 aromatic rings. The first kappa shape index (κ1) is 13.5. The Kier molecular flexibility index (Phi) is 4.78. The van der Waals surface area contributed by atoms with E-state index in [0.29, 0.717) is 6.04 Å². The Morgan fingerprint density at radius 1 is 1.19 bits per heavy atom. The molecule has 0 radical (unpaired) electrons. The van der Waals surface area contributed by atoms with E-state index in [0.717, 1.165) is 25.3 Å². The van der Waals surface area contributed by atoms with Crippen molar-refractivity contribution in [3.63, 3.8) is 0 Å². The Balaban J connectivity index is 2.19. The molecule has 0 unspecified atom stereocenters. The number of hydrogen-bond donors (Lipinski definition) is 2. The molecule has 0 heterocycles. The van der Waals surface area contributed by atoms with Crippen molar-refractivity contribution < 1.29 is 4.79 Å². The lowest BCUT2D eigenvalue weighted by Gasteiger charge is -2.31. The van der Waals surface area contributed by atoms with Crippen molar-refractivity contribution in [2.75, 3.05) is 6.54 Å². The summed E-state index contributed by atoms with van der Waals surface area (Å²) in [4.78, 5) is 10.9. The molecule has 0 aliphatic heterocycles. The van der Waals surface area contributed by atoms with Crippen LogP contribution >= 0.6 is 0 Å². The second kappa shape index (κ2) is 5.67. The molecule has 0 spiro atoms. The third-order valence-corrected chi connectivity index (χ3v) is 3.18. The van der Waals surface area contributed by atoms with Crippen LogP contribution in [0.25, 0.3) is 0 Å². The average Bonchev–Trinajstić information content (AvgIpc) is 2.14. The van der Waals surface area contributed by atoms with E-state index in [1.165, 1.54) is 12.8 Å². The van der Waals surface area contributed by atoms with Crippen LogP contribution in [-0.4, -0.2) is 24.0 Å². The van der Waals surface area contributed by atoms with E-state index in [4.69, 9.17) is 0 Å². The molecule has 1 aliphatic rings. The molecule has 0 aromatic carbocycles. The fraction of sp³-hybridized carbons (Fsp3) is 0.923. The fourth-order valence-electron chi connectivity index (χ4n) is 2.25. The molecule has 1 saturated carbocycles. The van der Waals surface area contributed by atoms with Gasteiger partial charge in [0, 0.05) is 18.5 Å². The van der Waals surface area contributed by atoms with Crippen LogP contribution in [0.5, 0.6) is 0 Å². The second-order valence-electron chi connectivity index (χ2n) is 6.05. The minimum absolute atomic E-state index is 0.108. The first-order valence-electron chi connectivity index (χ1n) is 6.39. The van der Waals surface area contributed by atoms with Gasteiger partial charge in [-0.1, -0.05) is 0 Å². The first-order chi connectivity index (χ1) is 7.37.